The summed E-state index contributed by atoms with van der Waals surface area (Å²) in [6.07, 6.45) is 13.6. The monoisotopic (exact) mass is 768 g/mol. The Morgan fingerprint density at radius 1 is 0.550 bits per heavy atom. The molecule has 2 heteroatoms. The zero-order valence-corrected chi connectivity index (χ0v) is 33.5. The van der Waals surface area contributed by atoms with Crippen molar-refractivity contribution in [1.29, 1.82) is 0 Å². The summed E-state index contributed by atoms with van der Waals surface area (Å²) < 4.78 is 0. The van der Waals surface area contributed by atoms with Crippen molar-refractivity contribution in [3.63, 3.8) is 0 Å². The standard InChI is InChI=1S/C58H44N2/c1-2-52-48(32-19-39-59(43-24-5-3-6-25-43)56-35-17-22-41-20-9-11-28-46(41)56)51-38-37-45(40-55(51)58(52)53-33-15-13-30-49(53)50-31-14-16-34-54(50)58)60(44-26-7-4-8-27-44)57-36-18-23-42-21-10-12-29-47(42)57/h2-9,11-20,22-38,40H,1,10,21,39H2/b32-19-. The SMILES string of the molecule is C=CC1=C(/C=C\CN(c2ccccc2)c2cccc3ccccc23)c2ccc(N(c3ccccc3)c3cccc4c3C=CCC4)cc2C12c1ccccc1-c1ccccc12. The average Bonchev–Trinajstić information content (AvgIpc) is 3.77. The molecule has 3 aliphatic carbocycles. The highest BCUT2D eigenvalue weighted by Gasteiger charge is 2.52. The Hall–Kier alpha value is -7.42. The lowest BCUT2D eigenvalue weighted by molar-refractivity contribution is 0.786. The molecule has 2 nitrogen and oxygen atoms in total. The first kappa shape index (κ1) is 35.7. The molecule has 8 aromatic carbocycles. The van der Waals surface area contributed by atoms with E-state index in [1.807, 2.05) is 0 Å². The van der Waals surface area contributed by atoms with Gasteiger partial charge in [0.05, 0.1) is 11.1 Å². The maximum absolute atomic E-state index is 4.59. The van der Waals surface area contributed by atoms with Crippen molar-refractivity contribution >= 4 is 50.9 Å². The molecule has 0 saturated heterocycles. The number of para-hydroxylation sites is 2. The third kappa shape index (κ3) is 5.56. The first-order valence-electron chi connectivity index (χ1n) is 21.1. The fraction of sp³-hybridized carbons (Fsp3) is 0.0690. The van der Waals surface area contributed by atoms with Crippen LogP contribution < -0.4 is 9.80 Å². The molecule has 0 radical (unpaired) electrons. The zero-order valence-electron chi connectivity index (χ0n) is 33.5. The number of allylic oxidation sites excluding steroid dienone is 5. The number of hydrogen-bond donors (Lipinski definition) is 0. The molecule has 11 rings (SSSR count). The molecule has 0 aliphatic heterocycles. The van der Waals surface area contributed by atoms with Crippen molar-refractivity contribution in [2.24, 2.45) is 0 Å². The van der Waals surface area contributed by atoms with Crippen LogP contribution in [-0.2, 0) is 11.8 Å². The summed E-state index contributed by atoms with van der Waals surface area (Å²) in [5.74, 6) is 0. The van der Waals surface area contributed by atoms with Crippen LogP contribution in [0.25, 0.3) is 33.5 Å². The van der Waals surface area contributed by atoms with Crippen LogP contribution in [0.5, 0.6) is 0 Å². The molecule has 0 saturated carbocycles. The van der Waals surface area contributed by atoms with Gasteiger partial charge in [-0.2, -0.15) is 0 Å². The van der Waals surface area contributed by atoms with E-state index >= 15 is 0 Å². The largest absolute Gasteiger partial charge is 0.337 e. The van der Waals surface area contributed by atoms with Gasteiger partial charge in [-0.1, -0.05) is 176 Å². The van der Waals surface area contributed by atoms with Crippen molar-refractivity contribution < 1.29 is 0 Å². The molecule has 1 spiro atoms. The van der Waals surface area contributed by atoms with Crippen LogP contribution in [0.3, 0.4) is 0 Å². The van der Waals surface area contributed by atoms with E-state index in [4.69, 9.17) is 0 Å². The average molecular weight is 769 g/mol. The van der Waals surface area contributed by atoms with Gasteiger partial charge in [-0.3, -0.25) is 0 Å². The zero-order chi connectivity index (χ0) is 40.0. The predicted octanol–water partition coefficient (Wildman–Crippen LogP) is 14.9. The normalized spacial score (nSPS) is 14.3. The summed E-state index contributed by atoms with van der Waals surface area (Å²) in [4.78, 5) is 4.88. The van der Waals surface area contributed by atoms with Crippen LogP contribution >= 0.6 is 0 Å². The number of nitrogens with zero attached hydrogens (tertiary/aromatic N) is 2. The lowest BCUT2D eigenvalue weighted by atomic mass is 9.69. The minimum Gasteiger partial charge on any atom is -0.337 e. The van der Waals surface area contributed by atoms with Crippen LogP contribution in [-0.4, -0.2) is 6.54 Å². The van der Waals surface area contributed by atoms with Crippen LogP contribution in [0.4, 0.5) is 28.4 Å². The van der Waals surface area contributed by atoms with Crippen LogP contribution in [0.15, 0.2) is 225 Å². The Labute approximate surface area is 353 Å². The van der Waals surface area contributed by atoms with Crippen molar-refractivity contribution in [3.8, 4) is 11.1 Å². The van der Waals surface area contributed by atoms with E-state index in [1.165, 1.54) is 77.8 Å². The predicted molar refractivity (Wildman–Crippen MR) is 254 cm³/mol. The molecule has 0 heterocycles. The third-order valence-electron chi connectivity index (χ3n) is 12.8. The maximum atomic E-state index is 4.59. The van der Waals surface area contributed by atoms with Crippen LogP contribution in [0.2, 0.25) is 0 Å². The number of rotatable bonds is 9. The van der Waals surface area contributed by atoms with E-state index in [9.17, 15) is 0 Å². The molecule has 0 amide bonds. The van der Waals surface area contributed by atoms with E-state index in [-0.39, 0.29) is 0 Å². The smallest absolute Gasteiger partial charge is 0.0726 e. The Morgan fingerprint density at radius 2 is 1.20 bits per heavy atom. The summed E-state index contributed by atoms with van der Waals surface area (Å²) >= 11 is 0. The Bertz CT molecular complexity index is 2990. The van der Waals surface area contributed by atoms with Crippen LogP contribution in [0, 0.1) is 0 Å². The van der Waals surface area contributed by atoms with Gasteiger partial charge in [-0.25, -0.2) is 0 Å². The molecular weight excluding hydrogens is 725 g/mol. The van der Waals surface area contributed by atoms with E-state index in [1.54, 1.807) is 0 Å². The molecule has 8 aromatic rings. The van der Waals surface area contributed by atoms with Gasteiger partial charge in [0.1, 0.15) is 0 Å². The van der Waals surface area contributed by atoms with E-state index in [0.29, 0.717) is 6.54 Å². The van der Waals surface area contributed by atoms with Gasteiger partial charge >= 0.3 is 0 Å². The second kappa shape index (κ2) is 14.8. The molecule has 0 N–H and O–H groups in total. The van der Waals surface area contributed by atoms with Gasteiger partial charge in [0, 0.05) is 40.2 Å². The highest BCUT2D eigenvalue weighted by Crippen LogP contribution is 2.63. The highest BCUT2D eigenvalue weighted by molar-refractivity contribution is 6.00. The molecule has 286 valence electrons. The number of fused-ring (bicyclic) bond motifs is 9. The quantitative estimate of drug-likeness (QED) is 0.144. The highest BCUT2D eigenvalue weighted by atomic mass is 15.1. The lowest BCUT2D eigenvalue weighted by Gasteiger charge is -2.33. The minimum absolute atomic E-state index is 0.549. The third-order valence-corrected chi connectivity index (χ3v) is 12.8. The number of anilines is 5. The Morgan fingerprint density at radius 3 is 1.97 bits per heavy atom. The van der Waals surface area contributed by atoms with Crippen LogP contribution in [0.1, 0.15) is 39.8 Å². The minimum atomic E-state index is -0.549. The number of benzene rings is 8. The fourth-order valence-electron chi connectivity index (χ4n) is 10.3. The van der Waals surface area contributed by atoms with E-state index < -0.39 is 5.41 Å². The van der Waals surface area contributed by atoms with Gasteiger partial charge in [-0.15, -0.1) is 0 Å². The van der Waals surface area contributed by atoms with E-state index in [0.717, 1.165) is 29.9 Å². The topological polar surface area (TPSA) is 6.48 Å². The van der Waals surface area contributed by atoms with Crippen molar-refractivity contribution in [2.75, 3.05) is 16.3 Å². The van der Waals surface area contributed by atoms with Gasteiger partial charge in [-0.05, 0) is 117 Å². The second-order valence-corrected chi connectivity index (χ2v) is 15.9. The first-order valence-corrected chi connectivity index (χ1v) is 21.1. The first-order chi connectivity index (χ1) is 29.8. The van der Waals surface area contributed by atoms with Gasteiger partial charge in [0.15, 0.2) is 0 Å². The molecule has 60 heavy (non-hydrogen) atoms. The summed E-state index contributed by atoms with van der Waals surface area (Å²) in [5, 5.41) is 2.47. The summed E-state index contributed by atoms with van der Waals surface area (Å²) in [6.45, 7) is 5.28. The molecule has 3 aliphatic rings. The second-order valence-electron chi connectivity index (χ2n) is 15.9. The number of hydrogen-bond acceptors (Lipinski definition) is 2. The molecule has 0 aromatic heterocycles. The van der Waals surface area contributed by atoms with Gasteiger partial charge in [0.2, 0.25) is 0 Å². The molecule has 0 atom stereocenters. The Balaban J connectivity index is 1.12. The summed E-state index contributed by atoms with van der Waals surface area (Å²) in [6, 6.07) is 68.8. The fourth-order valence-corrected chi connectivity index (χ4v) is 10.3. The van der Waals surface area contributed by atoms with E-state index in [2.05, 4.69) is 235 Å². The van der Waals surface area contributed by atoms with Gasteiger partial charge in [0.25, 0.3) is 0 Å². The van der Waals surface area contributed by atoms with Gasteiger partial charge < -0.3 is 9.80 Å². The molecule has 0 unspecified atom stereocenters. The Kier molecular flexibility index (Phi) is 8.78. The van der Waals surface area contributed by atoms with Crippen molar-refractivity contribution in [1.82, 2.24) is 0 Å². The summed E-state index contributed by atoms with van der Waals surface area (Å²) in [7, 11) is 0. The number of aryl methyl sites for hydroxylation is 1. The maximum Gasteiger partial charge on any atom is 0.0726 e. The van der Waals surface area contributed by atoms with Crippen molar-refractivity contribution in [3.05, 3.63) is 258 Å². The molecule has 0 fully saturated rings. The molecule has 0 bridgehead atoms. The summed E-state index contributed by atoms with van der Waals surface area (Å²) in [5.41, 5.74) is 18.0. The van der Waals surface area contributed by atoms with Crippen molar-refractivity contribution in [2.45, 2.75) is 18.3 Å². The molecular formula is C58H44N2. The lowest BCUT2D eigenvalue weighted by Crippen LogP contribution is -2.27.